The summed E-state index contributed by atoms with van der Waals surface area (Å²) in [5.41, 5.74) is 1.79. The molecule has 1 amide bonds. The molecule has 0 aliphatic rings. The van der Waals surface area contributed by atoms with E-state index in [0.29, 0.717) is 37.6 Å². The van der Waals surface area contributed by atoms with Gasteiger partial charge in [-0.3, -0.25) is 14.2 Å². The van der Waals surface area contributed by atoms with E-state index in [2.05, 4.69) is 10.3 Å². The van der Waals surface area contributed by atoms with Crippen LogP contribution in [0.5, 0.6) is 0 Å². The van der Waals surface area contributed by atoms with Crippen molar-refractivity contribution < 1.29 is 9.21 Å². The fourth-order valence-corrected chi connectivity index (χ4v) is 4.26. The van der Waals surface area contributed by atoms with E-state index in [4.69, 9.17) is 27.6 Å². The molecule has 2 aromatic carbocycles. The maximum atomic E-state index is 13.1. The zero-order valence-electron chi connectivity index (χ0n) is 16.4. The predicted octanol–water partition coefficient (Wildman–Crippen LogP) is 5.38. The zero-order chi connectivity index (χ0) is 22.0. The monoisotopic (exact) mass is 473 g/mol. The van der Waals surface area contributed by atoms with Crippen LogP contribution in [0, 0.1) is 6.92 Å². The number of aryl methyl sites for hydroxylation is 1. The quantitative estimate of drug-likeness (QED) is 0.300. The fourth-order valence-electron chi connectivity index (χ4n) is 3.07. The van der Waals surface area contributed by atoms with Crippen LogP contribution in [0.2, 0.25) is 10.0 Å². The molecule has 4 aromatic rings. The molecule has 6 nitrogen and oxygen atoms in total. The minimum absolute atomic E-state index is 0.0682. The van der Waals surface area contributed by atoms with Crippen LogP contribution in [-0.2, 0) is 11.3 Å². The molecule has 31 heavy (non-hydrogen) atoms. The number of nitrogens with zero attached hydrogens (tertiary/aromatic N) is 2. The molecule has 0 bridgehead atoms. The van der Waals surface area contributed by atoms with Crippen molar-refractivity contribution in [2.24, 2.45) is 0 Å². The van der Waals surface area contributed by atoms with Crippen LogP contribution < -0.4 is 10.9 Å². The number of aromatic nitrogens is 2. The van der Waals surface area contributed by atoms with Gasteiger partial charge < -0.3 is 9.73 Å². The Bertz CT molecular complexity index is 1320. The van der Waals surface area contributed by atoms with Crippen LogP contribution in [-0.4, -0.2) is 21.2 Å². The van der Waals surface area contributed by atoms with Crippen molar-refractivity contribution in [2.45, 2.75) is 18.6 Å². The number of furan rings is 1. The molecule has 0 aliphatic carbocycles. The van der Waals surface area contributed by atoms with Crippen molar-refractivity contribution in [1.29, 1.82) is 0 Å². The van der Waals surface area contributed by atoms with Crippen LogP contribution >= 0.6 is 35.0 Å². The summed E-state index contributed by atoms with van der Waals surface area (Å²) < 4.78 is 6.90. The molecule has 0 fully saturated rings. The molecule has 4 rings (SSSR count). The second kappa shape index (κ2) is 9.18. The minimum Gasteiger partial charge on any atom is -0.467 e. The number of rotatable bonds is 6. The number of anilines is 1. The van der Waals surface area contributed by atoms with E-state index in [1.54, 1.807) is 54.8 Å². The molecule has 158 valence electrons. The SMILES string of the molecule is Cc1cc(Cl)ccc1NC(=O)CSc1nc2cc(Cl)ccc2c(=O)n1Cc1ccco1. The number of fused-ring (bicyclic) bond motifs is 1. The standard InChI is InChI=1S/C22H17Cl2N3O3S/c1-13-9-14(23)5-7-18(13)25-20(28)12-31-22-26-19-10-15(24)4-6-17(19)21(29)27(22)11-16-3-2-8-30-16/h2-10H,11-12H2,1H3,(H,25,28). The normalized spacial score (nSPS) is 11.1. The number of carbonyl (C=O) groups is 1. The Hall–Kier alpha value is -2.74. The maximum absolute atomic E-state index is 13.1. The molecular formula is C22H17Cl2N3O3S. The summed E-state index contributed by atoms with van der Waals surface area (Å²) in [5, 5.41) is 4.79. The van der Waals surface area contributed by atoms with Crippen molar-refractivity contribution in [3.8, 4) is 0 Å². The van der Waals surface area contributed by atoms with Crippen molar-refractivity contribution in [2.75, 3.05) is 11.1 Å². The maximum Gasteiger partial charge on any atom is 0.262 e. The van der Waals surface area contributed by atoms with Gasteiger partial charge in [0.25, 0.3) is 5.56 Å². The molecule has 2 aromatic heterocycles. The molecule has 1 N–H and O–H groups in total. The molecule has 9 heteroatoms. The van der Waals surface area contributed by atoms with Gasteiger partial charge in [0.15, 0.2) is 5.16 Å². The number of hydrogen-bond donors (Lipinski definition) is 1. The van der Waals surface area contributed by atoms with Gasteiger partial charge in [-0.25, -0.2) is 4.98 Å². The van der Waals surface area contributed by atoms with Crippen LogP contribution in [0.1, 0.15) is 11.3 Å². The van der Waals surface area contributed by atoms with Crippen LogP contribution in [0.25, 0.3) is 10.9 Å². The number of halogens is 2. The molecule has 0 saturated heterocycles. The first-order valence-corrected chi connectivity index (χ1v) is 11.1. The minimum atomic E-state index is -0.227. The summed E-state index contributed by atoms with van der Waals surface area (Å²) in [6, 6.07) is 13.7. The van der Waals surface area contributed by atoms with Crippen molar-refractivity contribution >= 4 is 57.5 Å². The number of amides is 1. The van der Waals surface area contributed by atoms with Crippen LogP contribution in [0.3, 0.4) is 0 Å². The number of thioether (sulfide) groups is 1. The molecule has 0 saturated carbocycles. The van der Waals surface area contributed by atoms with Gasteiger partial charge in [-0.05, 0) is 61.0 Å². The highest BCUT2D eigenvalue weighted by molar-refractivity contribution is 7.99. The Kier molecular flexibility index (Phi) is 6.36. The van der Waals surface area contributed by atoms with E-state index in [-0.39, 0.29) is 23.8 Å². The first-order chi connectivity index (χ1) is 14.9. The van der Waals surface area contributed by atoms with E-state index in [0.717, 1.165) is 5.56 Å². The van der Waals surface area contributed by atoms with Crippen LogP contribution in [0.4, 0.5) is 5.69 Å². The second-order valence-corrected chi connectivity index (χ2v) is 8.64. The summed E-state index contributed by atoms with van der Waals surface area (Å²) in [5.74, 6) is 0.458. The Balaban J connectivity index is 1.62. The van der Waals surface area contributed by atoms with E-state index in [9.17, 15) is 9.59 Å². The van der Waals surface area contributed by atoms with E-state index < -0.39 is 0 Å². The van der Waals surface area contributed by atoms with Gasteiger partial charge in [-0.15, -0.1) is 0 Å². The number of nitrogens with one attached hydrogen (secondary N) is 1. The molecule has 0 spiro atoms. The Labute approximate surface area is 192 Å². The third-order valence-electron chi connectivity index (χ3n) is 4.57. The van der Waals surface area contributed by atoms with Crippen molar-refractivity contribution in [1.82, 2.24) is 9.55 Å². The van der Waals surface area contributed by atoms with E-state index >= 15 is 0 Å². The number of carbonyl (C=O) groups excluding carboxylic acids is 1. The highest BCUT2D eigenvalue weighted by atomic mass is 35.5. The van der Waals surface area contributed by atoms with Crippen molar-refractivity contribution in [3.63, 3.8) is 0 Å². The average Bonchev–Trinajstić information content (AvgIpc) is 3.24. The third-order valence-corrected chi connectivity index (χ3v) is 6.02. The number of hydrogen-bond acceptors (Lipinski definition) is 5. The van der Waals surface area contributed by atoms with Gasteiger partial charge in [-0.1, -0.05) is 35.0 Å². The summed E-state index contributed by atoms with van der Waals surface area (Å²) in [6.45, 7) is 2.07. The molecule has 0 aliphatic heterocycles. The highest BCUT2D eigenvalue weighted by Crippen LogP contribution is 2.23. The lowest BCUT2D eigenvalue weighted by molar-refractivity contribution is -0.113. The Morgan fingerprint density at radius 1 is 1.16 bits per heavy atom. The molecule has 0 radical (unpaired) electrons. The smallest absolute Gasteiger partial charge is 0.262 e. The van der Waals surface area contributed by atoms with E-state index in [1.807, 2.05) is 6.92 Å². The first-order valence-electron chi connectivity index (χ1n) is 9.32. The first kappa shape index (κ1) is 21.5. The lowest BCUT2D eigenvalue weighted by Crippen LogP contribution is -2.24. The van der Waals surface area contributed by atoms with Gasteiger partial charge >= 0.3 is 0 Å². The largest absolute Gasteiger partial charge is 0.467 e. The van der Waals surface area contributed by atoms with Crippen LogP contribution in [0.15, 0.2) is 69.2 Å². The number of benzene rings is 2. The fraction of sp³-hybridized carbons (Fsp3) is 0.136. The van der Waals surface area contributed by atoms with Gasteiger partial charge in [0.2, 0.25) is 5.91 Å². The predicted molar refractivity (Wildman–Crippen MR) is 124 cm³/mol. The summed E-state index contributed by atoms with van der Waals surface area (Å²) in [6.07, 6.45) is 1.54. The average molecular weight is 474 g/mol. The van der Waals surface area contributed by atoms with Gasteiger partial charge in [-0.2, -0.15) is 0 Å². The van der Waals surface area contributed by atoms with E-state index in [1.165, 1.54) is 16.3 Å². The molecule has 0 unspecified atom stereocenters. The summed E-state index contributed by atoms with van der Waals surface area (Å²) in [4.78, 5) is 30.2. The topological polar surface area (TPSA) is 77.1 Å². The zero-order valence-corrected chi connectivity index (χ0v) is 18.7. The Morgan fingerprint density at radius 3 is 2.68 bits per heavy atom. The highest BCUT2D eigenvalue weighted by Gasteiger charge is 2.15. The molecule has 0 atom stereocenters. The molecule has 2 heterocycles. The summed E-state index contributed by atoms with van der Waals surface area (Å²) >= 11 is 13.2. The van der Waals surface area contributed by atoms with Gasteiger partial charge in [0.1, 0.15) is 5.76 Å². The van der Waals surface area contributed by atoms with Crippen molar-refractivity contribution in [3.05, 3.63) is 86.5 Å². The Morgan fingerprint density at radius 2 is 1.94 bits per heavy atom. The lowest BCUT2D eigenvalue weighted by atomic mass is 10.2. The third kappa shape index (κ3) is 4.95. The second-order valence-electron chi connectivity index (χ2n) is 6.82. The summed E-state index contributed by atoms with van der Waals surface area (Å²) in [7, 11) is 0. The lowest BCUT2D eigenvalue weighted by Gasteiger charge is -2.13. The van der Waals surface area contributed by atoms with Gasteiger partial charge in [0.05, 0.1) is 29.5 Å². The molecular weight excluding hydrogens is 457 g/mol. The van der Waals surface area contributed by atoms with Gasteiger partial charge in [0, 0.05) is 15.7 Å².